The molecule has 0 unspecified atom stereocenters. The summed E-state index contributed by atoms with van der Waals surface area (Å²) in [5, 5.41) is 6.15. The number of nitrogens with zero attached hydrogens (tertiary/aromatic N) is 1. The number of carbonyl (C=O) groups excluding carboxylic acids is 4. The molecule has 1 aromatic carbocycles. The number of aromatic nitrogens is 2. The smallest absolute Gasteiger partial charge is 0.330 e. The van der Waals surface area contributed by atoms with Crippen LogP contribution in [0.4, 0.5) is 5.69 Å². The van der Waals surface area contributed by atoms with Gasteiger partial charge in [-0.15, -0.1) is 0 Å². The number of methoxy groups -OCH3 is 1. The fourth-order valence-corrected chi connectivity index (χ4v) is 3.59. The number of esters is 1. The van der Waals surface area contributed by atoms with Crippen molar-refractivity contribution in [1.82, 2.24) is 14.9 Å². The molecule has 0 aliphatic rings. The summed E-state index contributed by atoms with van der Waals surface area (Å²) >= 11 is 0. The maximum Gasteiger partial charge on any atom is 0.330 e. The summed E-state index contributed by atoms with van der Waals surface area (Å²) in [5.74, 6) is -1.63. The number of aldehydes is 1. The van der Waals surface area contributed by atoms with Crippen LogP contribution in [-0.4, -0.2) is 46.8 Å². The van der Waals surface area contributed by atoms with E-state index in [1.54, 1.807) is 6.92 Å². The lowest BCUT2D eigenvalue weighted by molar-refractivity contribution is -0.134. The molecular weight excluding hydrogens is 452 g/mol. The van der Waals surface area contributed by atoms with Gasteiger partial charge in [-0.1, -0.05) is 24.3 Å². The molecule has 0 bridgehead atoms. The number of amides is 2. The van der Waals surface area contributed by atoms with Crippen LogP contribution in [0.2, 0.25) is 0 Å². The highest BCUT2D eigenvalue weighted by Gasteiger charge is 2.24. The minimum Gasteiger partial charge on any atom is -0.466 e. The van der Waals surface area contributed by atoms with Gasteiger partial charge in [0.2, 0.25) is 5.91 Å². The van der Waals surface area contributed by atoms with Crippen LogP contribution < -0.4 is 16.2 Å². The highest BCUT2D eigenvalue weighted by Crippen LogP contribution is 2.21. The Hall–Kier alpha value is -4.47. The van der Waals surface area contributed by atoms with E-state index in [4.69, 9.17) is 0 Å². The molecular formula is C25H26N4O6. The zero-order valence-electron chi connectivity index (χ0n) is 19.4. The van der Waals surface area contributed by atoms with Crippen molar-refractivity contribution >= 4 is 40.7 Å². The molecule has 0 saturated heterocycles. The zero-order valence-corrected chi connectivity index (χ0v) is 19.4. The molecule has 0 saturated carbocycles. The fourth-order valence-electron chi connectivity index (χ4n) is 3.59. The molecule has 0 fully saturated rings. The van der Waals surface area contributed by atoms with Gasteiger partial charge in [-0.05, 0) is 43.5 Å². The third-order valence-corrected chi connectivity index (χ3v) is 5.44. The average molecular weight is 479 g/mol. The van der Waals surface area contributed by atoms with E-state index < -0.39 is 29.4 Å². The average Bonchev–Trinajstić information content (AvgIpc) is 3.20. The van der Waals surface area contributed by atoms with Crippen LogP contribution in [0.3, 0.4) is 0 Å². The summed E-state index contributed by atoms with van der Waals surface area (Å²) in [6.45, 7) is 1.65. The van der Waals surface area contributed by atoms with E-state index in [0.717, 1.165) is 21.0 Å². The normalized spacial score (nSPS) is 11.8. The molecule has 182 valence electrons. The summed E-state index contributed by atoms with van der Waals surface area (Å²) in [6.07, 6.45) is 5.21. The number of rotatable bonds is 10. The van der Waals surface area contributed by atoms with E-state index in [2.05, 4.69) is 20.4 Å². The number of H-pyrrole nitrogens is 1. The highest BCUT2D eigenvalue weighted by molar-refractivity contribution is 6.04. The Labute approximate surface area is 201 Å². The molecule has 3 aromatic rings. The second-order valence-electron chi connectivity index (χ2n) is 7.73. The number of hydrogen-bond donors (Lipinski definition) is 3. The molecule has 2 amide bonds. The second kappa shape index (κ2) is 11.6. The van der Waals surface area contributed by atoms with Gasteiger partial charge >= 0.3 is 5.97 Å². The van der Waals surface area contributed by atoms with Crippen molar-refractivity contribution < 1.29 is 23.9 Å². The Morgan fingerprint density at radius 2 is 1.94 bits per heavy atom. The van der Waals surface area contributed by atoms with Crippen molar-refractivity contribution in [3.05, 3.63) is 76.4 Å². The van der Waals surface area contributed by atoms with E-state index in [0.29, 0.717) is 12.0 Å². The number of anilines is 1. The van der Waals surface area contributed by atoms with Crippen molar-refractivity contribution in [3.8, 4) is 0 Å². The lowest BCUT2D eigenvalue weighted by atomic mass is 10.1. The lowest BCUT2D eigenvalue weighted by Gasteiger charge is -2.18. The Morgan fingerprint density at radius 3 is 2.66 bits per heavy atom. The van der Waals surface area contributed by atoms with Crippen molar-refractivity contribution in [2.75, 3.05) is 12.4 Å². The van der Waals surface area contributed by atoms with Crippen LogP contribution >= 0.6 is 0 Å². The Morgan fingerprint density at radius 1 is 1.17 bits per heavy atom. The van der Waals surface area contributed by atoms with Gasteiger partial charge < -0.3 is 29.7 Å². The first kappa shape index (κ1) is 25.2. The van der Waals surface area contributed by atoms with Gasteiger partial charge in [0, 0.05) is 23.2 Å². The van der Waals surface area contributed by atoms with E-state index in [-0.39, 0.29) is 25.1 Å². The molecule has 3 N–H and O–H groups in total. The summed E-state index contributed by atoms with van der Waals surface area (Å²) in [6, 6.07) is 9.38. The van der Waals surface area contributed by atoms with Gasteiger partial charge in [-0.3, -0.25) is 14.4 Å². The largest absolute Gasteiger partial charge is 0.466 e. The minimum atomic E-state index is -1.02. The van der Waals surface area contributed by atoms with Crippen LogP contribution in [-0.2, 0) is 25.7 Å². The zero-order chi connectivity index (χ0) is 25.4. The summed E-state index contributed by atoms with van der Waals surface area (Å²) in [5.41, 5.74) is 1.28. The molecule has 2 heterocycles. The van der Waals surface area contributed by atoms with Gasteiger partial charge in [-0.25, -0.2) is 4.79 Å². The van der Waals surface area contributed by atoms with E-state index in [9.17, 15) is 24.0 Å². The van der Waals surface area contributed by atoms with Crippen molar-refractivity contribution in [2.24, 2.45) is 0 Å². The monoisotopic (exact) mass is 478 g/mol. The number of aromatic amines is 1. The second-order valence-corrected chi connectivity index (χ2v) is 7.73. The van der Waals surface area contributed by atoms with Crippen molar-refractivity contribution in [2.45, 2.75) is 32.4 Å². The number of hydrogen-bond acceptors (Lipinski definition) is 6. The summed E-state index contributed by atoms with van der Waals surface area (Å²) in [7, 11) is 1.25. The molecule has 35 heavy (non-hydrogen) atoms. The Balaban J connectivity index is 1.82. The number of carbonyl (C=O) groups is 4. The molecule has 1 atom stereocenters. The van der Waals surface area contributed by atoms with Crippen LogP contribution in [0.1, 0.15) is 28.9 Å². The predicted octanol–water partition coefficient (Wildman–Crippen LogP) is 2.08. The van der Waals surface area contributed by atoms with Gasteiger partial charge in [0.1, 0.15) is 23.7 Å². The number of aryl methyl sites for hydroxylation is 1. The predicted molar refractivity (Wildman–Crippen MR) is 130 cm³/mol. The third-order valence-electron chi connectivity index (χ3n) is 5.44. The molecule has 10 nitrogen and oxygen atoms in total. The highest BCUT2D eigenvalue weighted by atomic mass is 16.5. The maximum atomic E-state index is 13.1. The van der Waals surface area contributed by atoms with E-state index >= 15 is 0 Å². The number of allylic oxidation sites excluding steroid dienone is 1. The van der Waals surface area contributed by atoms with Crippen LogP contribution in [0, 0.1) is 6.92 Å². The quantitative estimate of drug-likeness (QED) is 0.232. The SMILES string of the molecule is COC(=O)/C=C/CC[C@H](NC(=O)c1[nH]c2ccccc2c1C)C(=O)Nc1cccn(CC=O)c1=O. The van der Waals surface area contributed by atoms with Gasteiger partial charge in [-0.2, -0.15) is 0 Å². The first-order chi connectivity index (χ1) is 16.8. The van der Waals surface area contributed by atoms with Crippen molar-refractivity contribution in [1.29, 1.82) is 0 Å². The maximum absolute atomic E-state index is 13.1. The number of benzene rings is 1. The van der Waals surface area contributed by atoms with Gasteiger partial charge in [0.15, 0.2) is 0 Å². The van der Waals surface area contributed by atoms with Crippen LogP contribution in [0.25, 0.3) is 10.9 Å². The molecule has 3 rings (SSSR count). The number of pyridine rings is 1. The van der Waals surface area contributed by atoms with E-state index in [1.807, 2.05) is 24.3 Å². The number of nitrogens with one attached hydrogen (secondary N) is 3. The summed E-state index contributed by atoms with van der Waals surface area (Å²) < 4.78 is 5.71. The first-order valence-electron chi connectivity index (χ1n) is 10.9. The van der Waals surface area contributed by atoms with Crippen molar-refractivity contribution in [3.63, 3.8) is 0 Å². The first-order valence-corrected chi connectivity index (χ1v) is 10.9. The molecule has 2 aromatic heterocycles. The van der Waals surface area contributed by atoms with E-state index in [1.165, 1.54) is 37.6 Å². The Kier molecular flexibility index (Phi) is 8.33. The molecule has 0 radical (unpaired) electrons. The topological polar surface area (TPSA) is 139 Å². The molecule has 0 aliphatic heterocycles. The number of ether oxygens (including phenoxy) is 1. The standard InChI is InChI=1S/C25H26N4O6/c1-16-17-8-3-4-9-18(17)26-22(16)24(33)27-19(10-5-6-12-21(31)35-2)23(32)28-20-11-7-13-29(14-15-30)25(20)34/h3-4,6-9,11-13,15,19,26H,5,10,14H2,1-2H3,(H,27,33)(H,28,32)/b12-6+/t19-/m0/s1. The Bertz CT molecular complexity index is 1340. The van der Waals surface area contributed by atoms with Crippen LogP contribution in [0.15, 0.2) is 59.5 Å². The summed E-state index contributed by atoms with van der Waals surface area (Å²) in [4.78, 5) is 63.8. The van der Waals surface area contributed by atoms with Gasteiger partial charge in [0.05, 0.1) is 13.7 Å². The molecule has 0 aliphatic carbocycles. The lowest BCUT2D eigenvalue weighted by Crippen LogP contribution is -2.44. The van der Waals surface area contributed by atoms with Crippen LogP contribution in [0.5, 0.6) is 0 Å². The third kappa shape index (κ3) is 6.11. The minimum absolute atomic E-state index is 0.0227. The molecule has 0 spiro atoms. The van der Waals surface area contributed by atoms with Gasteiger partial charge in [0.25, 0.3) is 11.5 Å². The number of para-hydroxylation sites is 1. The fraction of sp³-hybridized carbons (Fsp3) is 0.240. The molecule has 10 heteroatoms. The number of fused-ring (bicyclic) bond motifs is 1.